The van der Waals surface area contributed by atoms with Crippen LogP contribution in [0.25, 0.3) is 0 Å². The lowest BCUT2D eigenvalue weighted by Gasteiger charge is -2.21. The van der Waals surface area contributed by atoms with Crippen LogP contribution < -0.4 is 5.32 Å². The second-order valence-electron chi connectivity index (χ2n) is 6.73. The van der Waals surface area contributed by atoms with Crippen LogP contribution in [0.2, 0.25) is 0 Å². The van der Waals surface area contributed by atoms with Gasteiger partial charge in [0.05, 0.1) is 6.20 Å². The number of nitrogens with zero attached hydrogens (tertiary/aromatic N) is 6. The average molecular weight is 471 g/mol. The summed E-state index contributed by atoms with van der Waals surface area (Å²) in [6.07, 6.45) is 11.4. The van der Waals surface area contributed by atoms with Crippen LogP contribution in [0.1, 0.15) is 36.6 Å². The van der Waals surface area contributed by atoms with Gasteiger partial charge in [0, 0.05) is 64.8 Å². The zero-order valence-electron chi connectivity index (χ0n) is 15.9. The maximum absolute atomic E-state index is 4.46. The van der Waals surface area contributed by atoms with E-state index in [1.807, 2.05) is 44.3 Å². The molecular formula is C18H30IN7. The number of likely N-dealkylation sites (tertiary alicyclic amines) is 1. The Bertz CT molecular complexity index is 706. The number of hydrogen-bond donors (Lipinski definition) is 1. The number of nitrogens with one attached hydrogen (secondary N) is 1. The molecule has 1 saturated heterocycles. The van der Waals surface area contributed by atoms with Crippen LogP contribution >= 0.6 is 24.0 Å². The summed E-state index contributed by atoms with van der Waals surface area (Å²) in [4.78, 5) is 11.1. The van der Waals surface area contributed by atoms with Crippen molar-refractivity contribution in [3.05, 3.63) is 36.2 Å². The van der Waals surface area contributed by atoms with Crippen LogP contribution in [-0.4, -0.2) is 56.9 Å². The number of aliphatic imine (C=N–C) groups is 1. The Morgan fingerprint density at radius 3 is 2.88 bits per heavy atom. The van der Waals surface area contributed by atoms with Gasteiger partial charge in [-0.2, -0.15) is 5.10 Å². The largest absolute Gasteiger partial charge is 0.356 e. The van der Waals surface area contributed by atoms with Gasteiger partial charge in [0.1, 0.15) is 5.82 Å². The molecule has 1 aliphatic rings. The Morgan fingerprint density at radius 1 is 1.38 bits per heavy atom. The molecule has 2 aromatic heterocycles. The Balaban J connectivity index is 0.00000243. The van der Waals surface area contributed by atoms with Crippen molar-refractivity contribution < 1.29 is 0 Å². The van der Waals surface area contributed by atoms with E-state index in [2.05, 4.69) is 36.1 Å². The van der Waals surface area contributed by atoms with Gasteiger partial charge in [-0.3, -0.25) is 9.67 Å². The van der Waals surface area contributed by atoms with Crippen molar-refractivity contribution in [2.75, 3.05) is 26.7 Å². The molecule has 3 rings (SSSR count). The predicted molar refractivity (Wildman–Crippen MR) is 115 cm³/mol. The van der Waals surface area contributed by atoms with Gasteiger partial charge in [-0.15, -0.1) is 24.0 Å². The fourth-order valence-electron chi connectivity index (χ4n) is 3.46. The fraction of sp³-hybridized carbons (Fsp3) is 0.611. The molecule has 0 spiro atoms. The van der Waals surface area contributed by atoms with Crippen molar-refractivity contribution in [1.82, 2.24) is 29.5 Å². The normalized spacial score (nSPS) is 17.4. The van der Waals surface area contributed by atoms with Crippen molar-refractivity contribution in [2.45, 2.75) is 38.6 Å². The zero-order chi connectivity index (χ0) is 17.6. The maximum atomic E-state index is 4.46. The molecule has 0 aromatic carbocycles. The van der Waals surface area contributed by atoms with Gasteiger partial charge < -0.3 is 14.8 Å². The minimum absolute atomic E-state index is 0. The highest BCUT2D eigenvalue weighted by atomic mass is 127. The number of halogens is 1. The number of aromatic nitrogens is 4. The minimum Gasteiger partial charge on any atom is -0.356 e. The summed E-state index contributed by atoms with van der Waals surface area (Å²) in [5, 5.41) is 7.81. The molecule has 3 heterocycles. The molecule has 2 aromatic rings. The molecule has 1 atom stereocenters. The van der Waals surface area contributed by atoms with Crippen LogP contribution in [0, 0.1) is 6.92 Å². The SMILES string of the molecule is CN=C(NCCCCn1ccnc1C)N1CCC(c2cnn(C)c2)C1.I. The third kappa shape index (κ3) is 5.21. The van der Waals surface area contributed by atoms with Crippen LogP contribution in [0.3, 0.4) is 0 Å². The van der Waals surface area contributed by atoms with Gasteiger partial charge in [0.25, 0.3) is 0 Å². The third-order valence-corrected chi connectivity index (χ3v) is 4.93. The summed E-state index contributed by atoms with van der Waals surface area (Å²) in [7, 11) is 3.84. The highest BCUT2D eigenvalue weighted by molar-refractivity contribution is 14.0. The molecule has 26 heavy (non-hydrogen) atoms. The Labute approximate surface area is 172 Å². The van der Waals surface area contributed by atoms with E-state index in [1.165, 1.54) is 5.56 Å². The molecular weight excluding hydrogens is 441 g/mol. The van der Waals surface area contributed by atoms with Crippen LogP contribution in [0.5, 0.6) is 0 Å². The molecule has 0 saturated carbocycles. The van der Waals surface area contributed by atoms with Gasteiger partial charge in [-0.25, -0.2) is 4.98 Å². The molecule has 0 bridgehead atoms. The number of guanidine groups is 1. The van der Waals surface area contributed by atoms with E-state index in [0.717, 1.165) is 57.2 Å². The third-order valence-electron chi connectivity index (χ3n) is 4.93. The van der Waals surface area contributed by atoms with Crippen molar-refractivity contribution in [2.24, 2.45) is 12.0 Å². The smallest absolute Gasteiger partial charge is 0.193 e. The first-order valence-electron chi connectivity index (χ1n) is 9.09. The van der Waals surface area contributed by atoms with E-state index in [-0.39, 0.29) is 24.0 Å². The van der Waals surface area contributed by atoms with Crippen LogP contribution in [-0.2, 0) is 13.6 Å². The van der Waals surface area contributed by atoms with Gasteiger partial charge in [-0.1, -0.05) is 0 Å². The monoisotopic (exact) mass is 471 g/mol. The summed E-state index contributed by atoms with van der Waals surface area (Å²) in [6.45, 7) is 6.09. The number of unbranched alkanes of at least 4 members (excludes halogenated alkanes) is 1. The summed E-state index contributed by atoms with van der Waals surface area (Å²) >= 11 is 0. The van der Waals surface area contributed by atoms with E-state index in [4.69, 9.17) is 0 Å². The first-order chi connectivity index (χ1) is 12.2. The molecule has 8 heteroatoms. The first-order valence-corrected chi connectivity index (χ1v) is 9.09. The molecule has 0 radical (unpaired) electrons. The molecule has 7 nitrogen and oxygen atoms in total. The lowest BCUT2D eigenvalue weighted by Crippen LogP contribution is -2.40. The second-order valence-corrected chi connectivity index (χ2v) is 6.73. The lowest BCUT2D eigenvalue weighted by atomic mass is 10.0. The quantitative estimate of drug-likeness (QED) is 0.304. The first kappa shape index (κ1) is 20.7. The molecule has 0 aliphatic carbocycles. The van der Waals surface area contributed by atoms with Crippen LogP contribution in [0.15, 0.2) is 29.8 Å². The number of hydrogen-bond acceptors (Lipinski definition) is 3. The molecule has 1 fully saturated rings. The number of aryl methyl sites for hydroxylation is 3. The van der Waals surface area contributed by atoms with E-state index in [0.29, 0.717) is 5.92 Å². The van der Waals surface area contributed by atoms with Crippen molar-refractivity contribution >= 4 is 29.9 Å². The number of rotatable bonds is 6. The summed E-state index contributed by atoms with van der Waals surface area (Å²) in [5.41, 5.74) is 1.33. The number of imidazole rings is 1. The molecule has 1 aliphatic heterocycles. The Kier molecular flexibility index (Phi) is 7.92. The molecule has 1 unspecified atom stereocenters. The van der Waals surface area contributed by atoms with Crippen molar-refractivity contribution in [3.63, 3.8) is 0 Å². The summed E-state index contributed by atoms with van der Waals surface area (Å²) in [6, 6.07) is 0. The zero-order valence-corrected chi connectivity index (χ0v) is 18.3. The van der Waals surface area contributed by atoms with Gasteiger partial charge >= 0.3 is 0 Å². The molecule has 144 valence electrons. The summed E-state index contributed by atoms with van der Waals surface area (Å²) in [5.74, 6) is 2.66. The second kappa shape index (κ2) is 9.94. The predicted octanol–water partition coefficient (Wildman–Crippen LogP) is 2.39. The Morgan fingerprint density at radius 2 is 2.23 bits per heavy atom. The molecule has 0 amide bonds. The van der Waals surface area contributed by atoms with E-state index in [1.54, 1.807) is 0 Å². The molecule has 1 N–H and O–H groups in total. The lowest BCUT2D eigenvalue weighted by molar-refractivity contribution is 0.481. The van der Waals surface area contributed by atoms with Gasteiger partial charge in [0.15, 0.2) is 5.96 Å². The fourth-order valence-corrected chi connectivity index (χ4v) is 3.46. The maximum Gasteiger partial charge on any atom is 0.193 e. The van der Waals surface area contributed by atoms with Gasteiger partial charge in [0.2, 0.25) is 0 Å². The Hall–Kier alpha value is -1.58. The van der Waals surface area contributed by atoms with Crippen molar-refractivity contribution in [3.8, 4) is 0 Å². The van der Waals surface area contributed by atoms with E-state index in [9.17, 15) is 0 Å². The van der Waals surface area contributed by atoms with Gasteiger partial charge in [-0.05, 0) is 31.7 Å². The van der Waals surface area contributed by atoms with Crippen LogP contribution in [0.4, 0.5) is 0 Å². The highest BCUT2D eigenvalue weighted by Gasteiger charge is 2.26. The van der Waals surface area contributed by atoms with E-state index < -0.39 is 0 Å². The summed E-state index contributed by atoms with van der Waals surface area (Å²) < 4.78 is 4.08. The minimum atomic E-state index is 0. The topological polar surface area (TPSA) is 63.3 Å². The van der Waals surface area contributed by atoms with E-state index >= 15 is 0 Å². The van der Waals surface area contributed by atoms with Crippen molar-refractivity contribution in [1.29, 1.82) is 0 Å². The standard InChI is InChI=1S/C18H29N7.HI/c1-15-20-8-11-24(15)9-5-4-7-21-18(19-2)25-10-6-16(14-25)17-12-22-23(3)13-17;/h8,11-13,16H,4-7,9-10,14H2,1-3H3,(H,19,21);1H. The highest BCUT2D eigenvalue weighted by Crippen LogP contribution is 2.26. The average Bonchev–Trinajstić information content (AvgIpc) is 3.33.